The molecule has 1 nitrogen and oxygen atoms in total. The Morgan fingerprint density at radius 3 is 2.56 bits per heavy atom. The second-order valence-electron chi connectivity index (χ2n) is 2.97. The third kappa shape index (κ3) is 2.83. The number of nitriles is 1. The average Bonchev–Trinajstić information content (AvgIpc) is 2.16. The minimum atomic E-state index is -4.74. The van der Waals surface area contributed by atoms with E-state index >= 15 is 0 Å². The Labute approximate surface area is 89.6 Å². The van der Waals surface area contributed by atoms with Crippen molar-refractivity contribution >= 4 is 6.08 Å². The van der Waals surface area contributed by atoms with Crippen LogP contribution in [0.15, 0.2) is 24.3 Å². The molecule has 0 aliphatic heterocycles. The van der Waals surface area contributed by atoms with Gasteiger partial charge in [0.1, 0.15) is 5.82 Å². The topological polar surface area (TPSA) is 23.8 Å². The number of hydrogen-bond acceptors (Lipinski definition) is 1. The molecule has 16 heavy (non-hydrogen) atoms. The van der Waals surface area contributed by atoms with Crippen LogP contribution < -0.4 is 0 Å². The summed E-state index contributed by atoms with van der Waals surface area (Å²) in [5.41, 5.74) is -1.58. The van der Waals surface area contributed by atoms with Gasteiger partial charge in [0.15, 0.2) is 0 Å². The van der Waals surface area contributed by atoms with Crippen LogP contribution in [-0.4, -0.2) is 0 Å². The monoisotopic (exact) mass is 229 g/mol. The Morgan fingerprint density at radius 2 is 2.00 bits per heavy atom. The molecule has 0 aliphatic carbocycles. The molecule has 0 fully saturated rings. The first-order valence-electron chi connectivity index (χ1n) is 4.36. The maximum atomic E-state index is 13.0. The molecule has 1 aromatic carbocycles. The van der Waals surface area contributed by atoms with Crippen LogP contribution in [0, 0.1) is 17.1 Å². The molecular weight excluding hydrogens is 222 g/mol. The van der Waals surface area contributed by atoms with Gasteiger partial charge in [0.05, 0.1) is 18.1 Å². The van der Waals surface area contributed by atoms with Crippen LogP contribution in [0.2, 0.25) is 0 Å². The van der Waals surface area contributed by atoms with Crippen molar-refractivity contribution in [2.75, 3.05) is 0 Å². The molecule has 0 N–H and O–H groups in total. The first kappa shape index (κ1) is 12.2. The lowest BCUT2D eigenvalue weighted by atomic mass is 10.1. The highest BCUT2D eigenvalue weighted by atomic mass is 19.4. The second-order valence-corrected chi connectivity index (χ2v) is 2.97. The highest BCUT2D eigenvalue weighted by Gasteiger charge is 2.35. The summed E-state index contributed by atoms with van der Waals surface area (Å²) in [4.78, 5) is 0. The molecule has 84 valence electrons. The number of hydrogen-bond donors (Lipinski definition) is 0. The Balaban J connectivity index is 3.20. The maximum Gasteiger partial charge on any atom is 0.419 e. The average molecular weight is 229 g/mol. The van der Waals surface area contributed by atoms with Crippen molar-refractivity contribution in [3.63, 3.8) is 0 Å². The van der Waals surface area contributed by atoms with E-state index in [0.29, 0.717) is 0 Å². The molecule has 0 amide bonds. The first-order chi connectivity index (χ1) is 7.46. The highest BCUT2D eigenvalue weighted by Crippen LogP contribution is 2.34. The Morgan fingerprint density at radius 1 is 1.31 bits per heavy atom. The predicted molar refractivity (Wildman–Crippen MR) is 50.7 cm³/mol. The third-order valence-corrected chi connectivity index (χ3v) is 1.84. The summed E-state index contributed by atoms with van der Waals surface area (Å²) < 4.78 is 50.5. The number of benzene rings is 1. The number of halogens is 4. The fourth-order valence-electron chi connectivity index (χ4n) is 1.22. The second kappa shape index (κ2) is 4.79. The zero-order chi connectivity index (χ0) is 12.2. The molecule has 5 heteroatoms. The van der Waals surface area contributed by atoms with Crippen LogP contribution in [0.1, 0.15) is 17.5 Å². The lowest BCUT2D eigenvalue weighted by molar-refractivity contribution is -0.140. The van der Waals surface area contributed by atoms with E-state index in [2.05, 4.69) is 0 Å². The largest absolute Gasteiger partial charge is 0.419 e. The lowest BCUT2D eigenvalue weighted by Crippen LogP contribution is -2.10. The maximum absolute atomic E-state index is 13.0. The standard InChI is InChI=1S/C11H7F4N/c12-9-6-3-5-8(4-1-2-7-16)10(9)11(13,14)15/h1,3-6H,2H2. The van der Waals surface area contributed by atoms with Gasteiger partial charge in [-0.3, -0.25) is 0 Å². The number of alkyl halides is 3. The summed E-state index contributed by atoms with van der Waals surface area (Å²) >= 11 is 0. The molecule has 0 atom stereocenters. The van der Waals surface area contributed by atoms with Crippen molar-refractivity contribution in [1.82, 2.24) is 0 Å². The van der Waals surface area contributed by atoms with Crippen molar-refractivity contribution in [1.29, 1.82) is 5.26 Å². The molecule has 0 saturated heterocycles. The quantitative estimate of drug-likeness (QED) is 0.708. The van der Waals surface area contributed by atoms with E-state index in [9.17, 15) is 17.6 Å². The normalized spacial score (nSPS) is 11.7. The molecule has 0 spiro atoms. The van der Waals surface area contributed by atoms with Gasteiger partial charge in [0.2, 0.25) is 0 Å². The minimum absolute atomic E-state index is 0.0200. The molecule has 0 saturated carbocycles. The van der Waals surface area contributed by atoms with Gasteiger partial charge in [-0.05, 0) is 11.6 Å². The fourth-order valence-corrected chi connectivity index (χ4v) is 1.22. The van der Waals surface area contributed by atoms with Crippen LogP contribution in [0.25, 0.3) is 6.08 Å². The van der Waals surface area contributed by atoms with Crippen LogP contribution in [0.4, 0.5) is 17.6 Å². The van der Waals surface area contributed by atoms with Gasteiger partial charge in [-0.2, -0.15) is 18.4 Å². The summed E-state index contributed by atoms with van der Waals surface area (Å²) in [6, 6.07) is 4.85. The van der Waals surface area contributed by atoms with Gasteiger partial charge in [-0.1, -0.05) is 24.3 Å². The Bertz CT molecular complexity index is 440. The molecule has 0 radical (unpaired) electrons. The van der Waals surface area contributed by atoms with E-state index < -0.39 is 17.6 Å². The van der Waals surface area contributed by atoms with Crippen LogP contribution >= 0.6 is 0 Å². The Kier molecular flexibility index (Phi) is 3.67. The van der Waals surface area contributed by atoms with Crippen molar-refractivity contribution in [3.05, 3.63) is 41.2 Å². The van der Waals surface area contributed by atoms with E-state index in [0.717, 1.165) is 18.2 Å². The molecule has 0 unspecified atom stereocenters. The summed E-state index contributed by atoms with van der Waals surface area (Å²) in [5, 5.41) is 8.23. The zero-order valence-corrected chi connectivity index (χ0v) is 8.05. The van der Waals surface area contributed by atoms with Gasteiger partial charge >= 0.3 is 6.18 Å². The number of nitrogens with zero attached hydrogens (tertiary/aromatic N) is 1. The summed E-state index contributed by atoms with van der Waals surface area (Å²) in [6.07, 6.45) is -2.41. The summed E-state index contributed by atoms with van der Waals surface area (Å²) in [7, 11) is 0. The fraction of sp³-hybridized carbons (Fsp3) is 0.182. The SMILES string of the molecule is N#CCC=Cc1cccc(F)c1C(F)(F)F. The highest BCUT2D eigenvalue weighted by molar-refractivity contribution is 5.55. The van der Waals surface area contributed by atoms with Crippen LogP contribution in [0.5, 0.6) is 0 Å². The van der Waals surface area contributed by atoms with Crippen molar-refractivity contribution in [3.8, 4) is 6.07 Å². The number of allylic oxidation sites excluding steroid dienone is 1. The molecular formula is C11H7F4N. The van der Waals surface area contributed by atoms with E-state index in [4.69, 9.17) is 5.26 Å². The minimum Gasteiger partial charge on any atom is -0.206 e. The summed E-state index contributed by atoms with van der Waals surface area (Å²) in [6.45, 7) is 0. The van der Waals surface area contributed by atoms with Gasteiger partial charge < -0.3 is 0 Å². The smallest absolute Gasteiger partial charge is 0.206 e. The molecule has 0 aromatic heterocycles. The third-order valence-electron chi connectivity index (χ3n) is 1.84. The van der Waals surface area contributed by atoms with E-state index in [-0.39, 0.29) is 12.0 Å². The van der Waals surface area contributed by atoms with Gasteiger partial charge in [-0.15, -0.1) is 0 Å². The molecule has 0 heterocycles. The van der Waals surface area contributed by atoms with Crippen molar-refractivity contribution in [2.45, 2.75) is 12.6 Å². The van der Waals surface area contributed by atoms with Gasteiger partial charge in [0.25, 0.3) is 0 Å². The molecule has 1 aromatic rings. The van der Waals surface area contributed by atoms with Crippen LogP contribution in [0.3, 0.4) is 0 Å². The van der Waals surface area contributed by atoms with E-state index in [1.165, 1.54) is 12.1 Å². The van der Waals surface area contributed by atoms with E-state index in [1.54, 1.807) is 6.07 Å². The molecule has 1 rings (SSSR count). The summed E-state index contributed by atoms with van der Waals surface area (Å²) in [5.74, 6) is -1.31. The number of rotatable bonds is 2. The predicted octanol–water partition coefficient (Wildman–Crippen LogP) is 3.77. The van der Waals surface area contributed by atoms with E-state index in [1.807, 2.05) is 0 Å². The van der Waals surface area contributed by atoms with Crippen molar-refractivity contribution in [2.24, 2.45) is 0 Å². The molecule has 0 aliphatic rings. The zero-order valence-electron chi connectivity index (χ0n) is 8.05. The lowest BCUT2D eigenvalue weighted by Gasteiger charge is -2.10. The van der Waals surface area contributed by atoms with Gasteiger partial charge in [0, 0.05) is 0 Å². The van der Waals surface area contributed by atoms with Gasteiger partial charge in [-0.25, -0.2) is 4.39 Å². The molecule has 0 bridgehead atoms. The van der Waals surface area contributed by atoms with Crippen LogP contribution in [-0.2, 0) is 6.18 Å². The Hall–Kier alpha value is -1.83. The first-order valence-corrected chi connectivity index (χ1v) is 4.36. The van der Waals surface area contributed by atoms with Crippen molar-refractivity contribution < 1.29 is 17.6 Å².